The van der Waals surface area contributed by atoms with Crippen LogP contribution >= 0.6 is 22.7 Å². The Morgan fingerprint density at radius 1 is 1.11 bits per heavy atom. The normalized spacial score (nSPS) is 11.8. The number of carbonyl (C=O) groups is 2. The first kappa shape index (κ1) is 19.3. The number of nitrogens with one attached hydrogen (secondary N) is 2. The van der Waals surface area contributed by atoms with Gasteiger partial charge < -0.3 is 5.32 Å². The fourth-order valence-electron chi connectivity index (χ4n) is 2.63. The summed E-state index contributed by atoms with van der Waals surface area (Å²) < 4.78 is 0. The third-order valence-electron chi connectivity index (χ3n) is 4.24. The number of thiophene rings is 1. The number of hydrogen-bond acceptors (Lipinski definition) is 5. The molecule has 3 aromatic rings. The van der Waals surface area contributed by atoms with Crippen molar-refractivity contribution in [3.63, 3.8) is 0 Å². The van der Waals surface area contributed by atoms with Gasteiger partial charge in [0.25, 0.3) is 5.91 Å². The van der Waals surface area contributed by atoms with Crippen LogP contribution in [-0.4, -0.2) is 16.8 Å². The van der Waals surface area contributed by atoms with Crippen molar-refractivity contribution < 1.29 is 9.59 Å². The molecule has 5 nitrogen and oxygen atoms in total. The number of thiazole rings is 1. The Balaban J connectivity index is 1.61. The molecular weight excluding hydrogens is 378 g/mol. The van der Waals surface area contributed by atoms with E-state index in [9.17, 15) is 9.59 Å². The first-order chi connectivity index (χ1) is 13.1. The lowest BCUT2D eigenvalue weighted by Gasteiger charge is -2.15. The van der Waals surface area contributed by atoms with Crippen molar-refractivity contribution in [2.75, 3.05) is 10.6 Å². The molecule has 0 radical (unpaired) electrons. The number of anilines is 2. The Kier molecular flexibility index (Phi) is 6.36. The molecule has 0 unspecified atom stereocenters. The van der Waals surface area contributed by atoms with Gasteiger partial charge in [0.05, 0.1) is 17.0 Å². The third kappa shape index (κ3) is 5.02. The van der Waals surface area contributed by atoms with E-state index >= 15 is 0 Å². The summed E-state index contributed by atoms with van der Waals surface area (Å²) in [7, 11) is 0. The third-order valence-corrected chi connectivity index (χ3v) is 5.91. The van der Waals surface area contributed by atoms with E-state index in [0.717, 1.165) is 17.7 Å². The standard InChI is InChI=1S/C20H21N3O2S2/c1-3-13(2)15-7-4-5-8-16(15)22-18(24)11-14-12-27-20(21-14)23-19(25)17-9-6-10-26-17/h4-10,12-13H,3,11H2,1-2H3,(H,22,24)(H,21,23,25)/t13-/m0/s1. The van der Waals surface area contributed by atoms with Crippen LogP contribution in [0.25, 0.3) is 0 Å². The molecule has 3 rings (SSSR count). The Bertz CT molecular complexity index is 919. The topological polar surface area (TPSA) is 71.1 Å². The van der Waals surface area contributed by atoms with E-state index in [1.165, 1.54) is 22.7 Å². The lowest BCUT2D eigenvalue weighted by Crippen LogP contribution is -2.16. The van der Waals surface area contributed by atoms with Crippen molar-refractivity contribution in [2.45, 2.75) is 32.6 Å². The Morgan fingerprint density at radius 2 is 1.93 bits per heavy atom. The minimum Gasteiger partial charge on any atom is -0.325 e. The van der Waals surface area contributed by atoms with E-state index in [2.05, 4.69) is 29.5 Å². The van der Waals surface area contributed by atoms with Gasteiger partial charge in [0, 0.05) is 11.1 Å². The van der Waals surface area contributed by atoms with Crippen LogP contribution in [-0.2, 0) is 11.2 Å². The van der Waals surface area contributed by atoms with E-state index in [-0.39, 0.29) is 18.2 Å². The summed E-state index contributed by atoms with van der Waals surface area (Å²) in [6.45, 7) is 4.28. The van der Waals surface area contributed by atoms with Gasteiger partial charge in [-0.1, -0.05) is 38.1 Å². The maximum absolute atomic E-state index is 12.4. The van der Waals surface area contributed by atoms with Crippen molar-refractivity contribution in [1.82, 2.24) is 4.98 Å². The second kappa shape index (κ2) is 8.92. The molecule has 0 bridgehead atoms. The van der Waals surface area contributed by atoms with Crippen molar-refractivity contribution in [1.29, 1.82) is 0 Å². The first-order valence-corrected chi connectivity index (χ1v) is 10.5. The molecule has 0 aliphatic rings. The van der Waals surface area contributed by atoms with Gasteiger partial charge in [0.1, 0.15) is 0 Å². The number of rotatable bonds is 7. The highest BCUT2D eigenvalue weighted by Gasteiger charge is 2.14. The molecule has 1 atom stereocenters. The zero-order valence-electron chi connectivity index (χ0n) is 15.2. The van der Waals surface area contributed by atoms with Gasteiger partial charge in [-0.15, -0.1) is 22.7 Å². The van der Waals surface area contributed by atoms with Crippen molar-refractivity contribution in [3.8, 4) is 0 Å². The maximum Gasteiger partial charge on any atom is 0.267 e. The van der Waals surface area contributed by atoms with Crippen molar-refractivity contribution in [2.24, 2.45) is 0 Å². The van der Waals surface area contributed by atoms with E-state index in [0.29, 0.717) is 21.6 Å². The Labute approximate surface area is 166 Å². The molecule has 2 N–H and O–H groups in total. The molecule has 0 aliphatic carbocycles. The van der Waals surface area contributed by atoms with Gasteiger partial charge in [0.15, 0.2) is 5.13 Å². The number of amides is 2. The highest BCUT2D eigenvalue weighted by atomic mass is 32.1. The van der Waals surface area contributed by atoms with Crippen LogP contribution in [0, 0.1) is 0 Å². The minimum absolute atomic E-state index is 0.118. The zero-order valence-corrected chi connectivity index (χ0v) is 16.8. The summed E-state index contributed by atoms with van der Waals surface area (Å²) in [4.78, 5) is 29.5. The predicted molar refractivity (Wildman–Crippen MR) is 112 cm³/mol. The average molecular weight is 400 g/mol. The molecule has 2 heterocycles. The second-order valence-electron chi connectivity index (χ2n) is 6.20. The molecule has 0 fully saturated rings. The predicted octanol–water partition coefficient (Wildman–Crippen LogP) is 5.15. The smallest absolute Gasteiger partial charge is 0.267 e. The summed E-state index contributed by atoms with van der Waals surface area (Å²) in [5, 5.41) is 9.90. The molecule has 1 aromatic carbocycles. The highest BCUT2D eigenvalue weighted by molar-refractivity contribution is 7.14. The SMILES string of the molecule is CC[C@H](C)c1ccccc1NC(=O)Cc1csc(NC(=O)c2cccs2)n1. The summed E-state index contributed by atoms with van der Waals surface area (Å²) in [6, 6.07) is 11.5. The van der Waals surface area contributed by atoms with E-state index in [4.69, 9.17) is 0 Å². The van der Waals surface area contributed by atoms with Gasteiger partial charge in [0.2, 0.25) is 5.91 Å². The van der Waals surface area contributed by atoms with E-state index in [1.807, 2.05) is 35.7 Å². The molecule has 2 aromatic heterocycles. The van der Waals surface area contributed by atoms with Crippen molar-refractivity contribution >= 4 is 45.3 Å². The number of hydrogen-bond donors (Lipinski definition) is 2. The van der Waals surface area contributed by atoms with Gasteiger partial charge >= 0.3 is 0 Å². The van der Waals surface area contributed by atoms with Gasteiger partial charge in [-0.2, -0.15) is 0 Å². The van der Waals surface area contributed by atoms with Gasteiger partial charge in [-0.05, 0) is 35.4 Å². The molecule has 7 heteroatoms. The summed E-state index contributed by atoms with van der Waals surface area (Å²) in [5.74, 6) is 0.0739. The fraction of sp³-hybridized carbons (Fsp3) is 0.250. The van der Waals surface area contributed by atoms with E-state index < -0.39 is 0 Å². The highest BCUT2D eigenvalue weighted by Crippen LogP contribution is 2.26. The zero-order chi connectivity index (χ0) is 19.2. The number of para-hydroxylation sites is 1. The van der Waals surface area contributed by atoms with Crippen molar-refractivity contribution in [3.05, 3.63) is 63.3 Å². The summed E-state index contributed by atoms with van der Waals surface area (Å²) in [5.41, 5.74) is 2.62. The van der Waals surface area contributed by atoms with E-state index in [1.54, 1.807) is 11.4 Å². The Hall–Kier alpha value is -2.51. The second-order valence-corrected chi connectivity index (χ2v) is 8.00. The van der Waals surface area contributed by atoms with Crippen LogP contribution in [0.3, 0.4) is 0 Å². The fourth-order valence-corrected chi connectivity index (χ4v) is 3.96. The molecular formula is C20H21N3O2S2. The molecule has 0 aliphatic heterocycles. The molecule has 27 heavy (non-hydrogen) atoms. The minimum atomic E-state index is -0.183. The molecule has 0 saturated heterocycles. The van der Waals surface area contributed by atoms with Crippen LogP contribution in [0.1, 0.15) is 47.1 Å². The maximum atomic E-state index is 12.4. The molecule has 2 amide bonds. The number of benzene rings is 1. The monoisotopic (exact) mass is 399 g/mol. The molecule has 0 saturated carbocycles. The van der Waals surface area contributed by atoms with Gasteiger partial charge in [-0.3, -0.25) is 14.9 Å². The average Bonchev–Trinajstić information content (AvgIpc) is 3.33. The number of aromatic nitrogens is 1. The summed E-state index contributed by atoms with van der Waals surface area (Å²) >= 11 is 2.69. The van der Waals surface area contributed by atoms with Crippen LogP contribution in [0.2, 0.25) is 0 Å². The molecule has 0 spiro atoms. The molecule has 140 valence electrons. The quantitative estimate of drug-likeness (QED) is 0.577. The van der Waals surface area contributed by atoms with Gasteiger partial charge in [-0.25, -0.2) is 4.98 Å². The first-order valence-electron chi connectivity index (χ1n) is 8.74. The lowest BCUT2D eigenvalue weighted by atomic mass is 9.97. The van der Waals surface area contributed by atoms with Crippen LogP contribution < -0.4 is 10.6 Å². The Morgan fingerprint density at radius 3 is 2.67 bits per heavy atom. The number of carbonyl (C=O) groups excluding carboxylic acids is 2. The van der Waals surface area contributed by atoms with Crippen LogP contribution in [0.5, 0.6) is 0 Å². The number of nitrogens with zero attached hydrogens (tertiary/aromatic N) is 1. The van der Waals surface area contributed by atoms with Crippen LogP contribution in [0.4, 0.5) is 10.8 Å². The lowest BCUT2D eigenvalue weighted by molar-refractivity contribution is -0.115. The summed E-state index contributed by atoms with van der Waals surface area (Å²) in [6.07, 6.45) is 1.17. The van der Waals surface area contributed by atoms with Crippen LogP contribution in [0.15, 0.2) is 47.2 Å². The largest absolute Gasteiger partial charge is 0.325 e.